The number of aliphatic hydroxyl groups excluding tert-OH is 8. The molecular weight excluding hydrogens is 893 g/mol. The summed E-state index contributed by atoms with van der Waals surface area (Å²) in [7, 11) is 4.03. The summed E-state index contributed by atoms with van der Waals surface area (Å²) in [5.41, 5.74) is 6.38. The van der Waals surface area contributed by atoms with E-state index in [1.165, 1.54) is 11.1 Å². The van der Waals surface area contributed by atoms with Crippen LogP contribution >= 0.6 is 0 Å². The van der Waals surface area contributed by atoms with E-state index in [1.54, 1.807) is 27.7 Å². The van der Waals surface area contributed by atoms with Crippen LogP contribution in [0.3, 0.4) is 0 Å². The van der Waals surface area contributed by atoms with Gasteiger partial charge in [0.1, 0.15) is 14.1 Å². The summed E-state index contributed by atoms with van der Waals surface area (Å²) in [6, 6.07) is 25.7. The minimum Gasteiger partial charge on any atom is -0.393 e. The Morgan fingerprint density at radius 2 is 0.586 bits per heavy atom. The molecule has 3 fully saturated rings. The van der Waals surface area contributed by atoms with Crippen LogP contribution in [0.5, 0.6) is 0 Å². The largest absolute Gasteiger partial charge is 0.393 e. The van der Waals surface area contributed by atoms with Crippen molar-refractivity contribution >= 4 is 0 Å². The van der Waals surface area contributed by atoms with Gasteiger partial charge in [-0.05, 0) is 125 Å². The van der Waals surface area contributed by atoms with Crippen molar-refractivity contribution in [2.75, 3.05) is 0 Å². The highest BCUT2D eigenvalue weighted by atomic mass is 16.7. The molecule has 14 nitrogen and oxygen atoms in total. The van der Waals surface area contributed by atoms with Gasteiger partial charge >= 0.3 is 0 Å². The van der Waals surface area contributed by atoms with Crippen LogP contribution in [0, 0.1) is 0 Å². The van der Waals surface area contributed by atoms with Crippen LogP contribution in [-0.2, 0) is 33.0 Å². The summed E-state index contributed by atoms with van der Waals surface area (Å²) >= 11 is 0. The minimum atomic E-state index is -0.765. The van der Waals surface area contributed by atoms with Crippen molar-refractivity contribution in [1.29, 1.82) is 0 Å². The summed E-state index contributed by atoms with van der Waals surface area (Å²) in [5.74, 6) is 0.319. The third-order valence-electron chi connectivity index (χ3n) is 14.4. The molecule has 70 heavy (non-hydrogen) atoms. The number of aromatic nitrogens is 2. The predicted octanol–water partition coefficient (Wildman–Crippen LogP) is 5.22. The van der Waals surface area contributed by atoms with E-state index in [9.17, 15) is 40.9 Å². The van der Waals surface area contributed by atoms with Gasteiger partial charge in [0.05, 0.1) is 73.2 Å². The summed E-state index contributed by atoms with van der Waals surface area (Å²) in [4.78, 5) is 0. The van der Waals surface area contributed by atoms with E-state index in [0.717, 1.165) is 22.3 Å². The fourth-order valence-corrected chi connectivity index (χ4v) is 11.3. The lowest BCUT2D eigenvalue weighted by Gasteiger charge is -2.53. The molecule has 14 heteroatoms. The fraction of sp³-hybridized carbons (Fsp3) is 0.607. The quantitative estimate of drug-likeness (QED) is 0.0478. The maximum atomic E-state index is 10.8. The molecule has 1 saturated carbocycles. The van der Waals surface area contributed by atoms with E-state index in [-0.39, 0.29) is 73.8 Å². The highest BCUT2D eigenvalue weighted by Crippen LogP contribution is 2.66. The van der Waals surface area contributed by atoms with Crippen molar-refractivity contribution in [1.82, 2.24) is 0 Å². The zero-order chi connectivity index (χ0) is 50.2. The predicted molar refractivity (Wildman–Crippen MR) is 261 cm³/mol. The second-order valence-electron chi connectivity index (χ2n) is 21.1. The van der Waals surface area contributed by atoms with E-state index < -0.39 is 61.4 Å². The molecule has 2 aromatic carbocycles. The van der Waals surface area contributed by atoms with Gasteiger partial charge in [0, 0.05) is 48.2 Å². The molecule has 8 N–H and O–H groups in total. The zero-order valence-corrected chi connectivity index (χ0v) is 41.8. The molecule has 0 radical (unpaired) electrons. The maximum Gasteiger partial charge on any atom is 0.184 e. The second kappa shape index (κ2) is 24.8. The van der Waals surface area contributed by atoms with Gasteiger partial charge in [0.2, 0.25) is 0 Å². The molecule has 384 valence electrons. The number of nitrogens with zero attached hydrogens (tertiary/aromatic N) is 2. The topological polar surface area (TPSA) is 207 Å². The van der Waals surface area contributed by atoms with Crippen LogP contribution in [0.2, 0.25) is 0 Å². The molecule has 12 atom stereocenters. The van der Waals surface area contributed by atoms with Gasteiger partial charge in [-0.1, -0.05) is 48.5 Å². The lowest BCUT2D eigenvalue weighted by Crippen LogP contribution is -2.41. The van der Waals surface area contributed by atoms with Gasteiger partial charge in [-0.15, -0.1) is 0 Å². The number of ether oxygens (including phenoxy) is 4. The van der Waals surface area contributed by atoms with Gasteiger partial charge in [0.25, 0.3) is 0 Å². The summed E-state index contributed by atoms with van der Waals surface area (Å²) in [6.45, 7) is 6.61. The third kappa shape index (κ3) is 14.7. The molecule has 4 aromatic rings. The van der Waals surface area contributed by atoms with Crippen molar-refractivity contribution in [3.63, 3.8) is 0 Å². The van der Waals surface area contributed by atoms with Crippen molar-refractivity contribution in [3.05, 3.63) is 131 Å². The van der Waals surface area contributed by atoms with Crippen LogP contribution in [0.15, 0.2) is 97.6 Å². The number of hydrogen-bond donors (Lipinski definition) is 8. The molecule has 12 unspecified atom stereocenters. The van der Waals surface area contributed by atoms with Crippen LogP contribution in [0.1, 0.15) is 162 Å². The molecule has 0 amide bonds. The molecular formula is C56H80N2O12+2. The number of hydrogen-bond acceptors (Lipinski definition) is 12. The van der Waals surface area contributed by atoms with Gasteiger partial charge in [0.15, 0.2) is 37.4 Å². The molecule has 0 bridgehead atoms. The molecule has 2 aliphatic heterocycles. The lowest BCUT2D eigenvalue weighted by molar-refractivity contribution is -0.671. The van der Waals surface area contributed by atoms with Crippen LogP contribution in [0.25, 0.3) is 0 Å². The van der Waals surface area contributed by atoms with Gasteiger partial charge in [-0.2, -0.15) is 0 Å². The normalized spacial score (nSPS) is 29.5. The Morgan fingerprint density at radius 1 is 0.371 bits per heavy atom. The van der Waals surface area contributed by atoms with E-state index in [1.807, 2.05) is 23.2 Å². The van der Waals surface area contributed by atoms with Gasteiger partial charge < -0.3 is 59.8 Å². The summed E-state index contributed by atoms with van der Waals surface area (Å²) in [6.07, 6.45) is 2.77. The Morgan fingerprint density at radius 3 is 0.814 bits per heavy atom. The Labute approximate surface area is 414 Å². The van der Waals surface area contributed by atoms with E-state index in [2.05, 4.69) is 97.6 Å². The van der Waals surface area contributed by atoms with Gasteiger partial charge in [-0.25, -0.2) is 9.13 Å². The van der Waals surface area contributed by atoms with Crippen LogP contribution in [0.4, 0.5) is 0 Å². The SMILES string of the molecule is CC(O)CC(O)CC1CC(CC(O)CC(C)O)OC(c2ccc(C3C(c4cc[n+](C)cc4)C(c4ccc(C5OC(CC(O)CC(C)O)CC(CC(O)CC(C)O)O5)cc4)C3c3cc[n+](C)cc3)cc2)O1. The van der Waals surface area contributed by atoms with E-state index >= 15 is 0 Å². The van der Waals surface area contributed by atoms with Crippen LogP contribution in [-0.4, -0.2) is 114 Å². The van der Waals surface area contributed by atoms with Crippen molar-refractivity contribution in [2.45, 2.75) is 201 Å². The number of aryl methyl sites for hydroxylation is 2. The number of pyridine rings is 2. The average molecular weight is 973 g/mol. The maximum absolute atomic E-state index is 10.8. The van der Waals surface area contributed by atoms with E-state index in [0.29, 0.717) is 38.5 Å². The number of benzene rings is 2. The first-order valence-corrected chi connectivity index (χ1v) is 25.5. The fourth-order valence-electron chi connectivity index (χ4n) is 11.3. The monoisotopic (exact) mass is 973 g/mol. The van der Waals surface area contributed by atoms with E-state index in [4.69, 9.17) is 18.9 Å². The summed E-state index contributed by atoms with van der Waals surface area (Å²) < 4.78 is 30.1. The first-order valence-electron chi connectivity index (χ1n) is 25.5. The minimum absolute atomic E-state index is 0.0757. The lowest BCUT2D eigenvalue weighted by atomic mass is 9.49. The second-order valence-corrected chi connectivity index (χ2v) is 21.1. The first-order chi connectivity index (χ1) is 33.4. The Balaban J connectivity index is 1.18. The smallest absolute Gasteiger partial charge is 0.184 e. The highest BCUT2D eigenvalue weighted by Gasteiger charge is 2.53. The highest BCUT2D eigenvalue weighted by molar-refractivity contribution is 5.48. The molecule has 1 aliphatic carbocycles. The standard InChI is InChI=1S/C56H80N2O12/c1-33(59)23-43(63)27-47-31-48(28-44(64)24-34(2)60)68-55(67-47)41-11-7-37(8-12-41)51-53(39-15-19-57(5)20-16-39)52(54(51)40-17-21-58(6)22-18-40)38-9-13-42(14-10-38)56-69-49(29-45(65)25-35(3)61)32-50(70-56)30-46(66)26-36(4)62/h7-22,33-36,43-56,59-66H,23-32H2,1-6H3/q+2. The Hall–Kier alpha value is -3.74. The molecule has 0 spiro atoms. The Bertz CT molecular complexity index is 1960. The van der Waals surface area contributed by atoms with Gasteiger partial charge in [-0.3, -0.25) is 0 Å². The first kappa shape index (κ1) is 54.0. The van der Waals surface area contributed by atoms with Crippen molar-refractivity contribution in [3.8, 4) is 0 Å². The number of rotatable bonds is 22. The molecule has 3 aliphatic rings. The summed E-state index contributed by atoms with van der Waals surface area (Å²) in [5, 5.41) is 83.0. The van der Waals surface area contributed by atoms with Crippen molar-refractivity contribution < 1.29 is 68.9 Å². The third-order valence-corrected chi connectivity index (χ3v) is 14.4. The van der Waals surface area contributed by atoms with Crippen molar-refractivity contribution in [2.24, 2.45) is 14.1 Å². The molecule has 7 rings (SSSR count). The molecule has 2 aromatic heterocycles. The molecule has 2 saturated heterocycles. The number of aliphatic hydroxyl groups is 8. The Kier molecular flexibility index (Phi) is 19.1. The van der Waals surface area contributed by atoms with Crippen LogP contribution < -0.4 is 9.13 Å². The molecule has 4 heterocycles. The average Bonchev–Trinajstić information content (AvgIpc) is 3.26. The zero-order valence-electron chi connectivity index (χ0n) is 41.8.